The summed E-state index contributed by atoms with van der Waals surface area (Å²) in [6.07, 6.45) is 3.44. The van der Waals surface area contributed by atoms with Gasteiger partial charge in [-0.3, -0.25) is 4.98 Å². The van der Waals surface area contributed by atoms with Crippen LogP contribution in [0.4, 0.5) is 0 Å². The molecule has 0 aliphatic rings. The minimum atomic E-state index is 0.626. The quantitative estimate of drug-likeness (QED) is 0.843. The fourth-order valence-corrected chi connectivity index (χ4v) is 2.19. The number of pyridine rings is 1. The largest absolute Gasteiger partial charge is 0.493 e. The zero-order valence-corrected chi connectivity index (χ0v) is 11.4. The second-order valence-corrected chi connectivity index (χ2v) is 4.24. The van der Waals surface area contributed by atoms with Crippen LogP contribution in [0.5, 0.6) is 11.5 Å². The molecule has 1 aromatic carbocycles. The summed E-state index contributed by atoms with van der Waals surface area (Å²) in [7, 11) is 3.20. The average molecular weight is 256 g/mol. The van der Waals surface area contributed by atoms with Gasteiger partial charge in [-0.15, -0.1) is 0 Å². The van der Waals surface area contributed by atoms with Crippen molar-refractivity contribution in [3.05, 3.63) is 29.5 Å². The van der Waals surface area contributed by atoms with Crippen LogP contribution in [0.1, 0.15) is 24.5 Å². The second-order valence-electron chi connectivity index (χ2n) is 4.24. The van der Waals surface area contributed by atoms with Crippen LogP contribution in [-0.2, 0) is 6.42 Å². The maximum Gasteiger partial charge on any atom is 0.162 e. The number of nitriles is 1. The molecule has 1 aromatic heterocycles. The Morgan fingerprint density at radius 2 is 1.89 bits per heavy atom. The first-order valence-corrected chi connectivity index (χ1v) is 6.18. The Balaban J connectivity index is 2.76. The van der Waals surface area contributed by atoms with Crippen molar-refractivity contribution >= 4 is 10.9 Å². The van der Waals surface area contributed by atoms with Crippen LogP contribution in [0, 0.1) is 11.3 Å². The number of ether oxygens (including phenoxy) is 2. The molecule has 2 aromatic rings. The van der Waals surface area contributed by atoms with Crippen molar-refractivity contribution in [2.75, 3.05) is 14.2 Å². The number of methoxy groups -OCH3 is 2. The molecule has 0 saturated heterocycles. The summed E-state index contributed by atoms with van der Waals surface area (Å²) in [6, 6.07) is 5.94. The highest BCUT2D eigenvalue weighted by atomic mass is 16.5. The Morgan fingerprint density at radius 1 is 1.21 bits per heavy atom. The average Bonchev–Trinajstić information content (AvgIpc) is 2.46. The highest BCUT2D eigenvalue weighted by Gasteiger charge is 2.12. The number of fused-ring (bicyclic) bond motifs is 1. The minimum absolute atomic E-state index is 0.626. The molecule has 0 aliphatic heterocycles. The van der Waals surface area contributed by atoms with E-state index >= 15 is 0 Å². The van der Waals surface area contributed by atoms with Crippen molar-refractivity contribution in [1.82, 2.24) is 4.98 Å². The molecule has 2 rings (SSSR count). The first-order chi connectivity index (χ1) is 9.24. The zero-order chi connectivity index (χ0) is 13.8. The molecule has 4 heteroatoms. The van der Waals surface area contributed by atoms with Crippen LogP contribution in [-0.4, -0.2) is 19.2 Å². The van der Waals surface area contributed by atoms with Gasteiger partial charge in [0, 0.05) is 17.6 Å². The molecule has 0 fully saturated rings. The number of benzene rings is 1. The molecule has 0 saturated carbocycles. The van der Waals surface area contributed by atoms with E-state index in [4.69, 9.17) is 9.47 Å². The molecule has 19 heavy (non-hydrogen) atoms. The predicted molar refractivity (Wildman–Crippen MR) is 73.6 cm³/mol. The van der Waals surface area contributed by atoms with Gasteiger partial charge in [0.2, 0.25) is 0 Å². The van der Waals surface area contributed by atoms with E-state index in [0.717, 1.165) is 29.3 Å². The van der Waals surface area contributed by atoms with Gasteiger partial charge >= 0.3 is 0 Å². The molecular weight excluding hydrogens is 240 g/mol. The predicted octanol–water partition coefficient (Wildman–Crippen LogP) is 3.08. The molecule has 0 amide bonds. The first-order valence-electron chi connectivity index (χ1n) is 6.18. The van der Waals surface area contributed by atoms with Crippen LogP contribution < -0.4 is 9.47 Å². The zero-order valence-electron chi connectivity index (χ0n) is 11.4. The first kappa shape index (κ1) is 13.2. The molecule has 0 aliphatic carbocycles. The van der Waals surface area contributed by atoms with Gasteiger partial charge in [-0.1, -0.05) is 13.3 Å². The molecule has 0 radical (unpaired) electrons. The smallest absolute Gasteiger partial charge is 0.162 e. The number of hydrogen-bond donors (Lipinski definition) is 0. The van der Waals surface area contributed by atoms with Crippen molar-refractivity contribution in [2.24, 2.45) is 0 Å². The standard InChI is InChI=1S/C15H16N2O2/c1-4-5-11-10(8-16)9-17-13-7-15(19-3)14(18-2)6-12(11)13/h6-7,9H,4-5H2,1-3H3. The van der Waals surface area contributed by atoms with E-state index in [2.05, 4.69) is 18.0 Å². The van der Waals surface area contributed by atoms with E-state index in [1.54, 1.807) is 20.4 Å². The third kappa shape index (κ3) is 2.32. The Bertz CT molecular complexity index is 645. The third-order valence-corrected chi connectivity index (χ3v) is 3.11. The monoisotopic (exact) mass is 256 g/mol. The van der Waals surface area contributed by atoms with Gasteiger partial charge in [-0.25, -0.2) is 0 Å². The Morgan fingerprint density at radius 3 is 2.47 bits per heavy atom. The fraction of sp³-hybridized carbons (Fsp3) is 0.333. The lowest BCUT2D eigenvalue weighted by Gasteiger charge is -2.12. The summed E-state index contributed by atoms with van der Waals surface area (Å²) >= 11 is 0. The molecule has 0 spiro atoms. The van der Waals surface area contributed by atoms with Gasteiger partial charge in [0.1, 0.15) is 6.07 Å². The summed E-state index contributed by atoms with van der Waals surface area (Å²) in [5.74, 6) is 1.30. The van der Waals surface area contributed by atoms with Crippen molar-refractivity contribution in [2.45, 2.75) is 19.8 Å². The van der Waals surface area contributed by atoms with Crippen molar-refractivity contribution in [3.63, 3.8) is 0 Å². The Labute approximate surface area is 112 Å². The maximum atomic E-state index is 9.19. The minimum Gasteiger partial charge on any atom is -0.493 e. The summed E-state index contributed by atoms with van der Waals surface area (Å²) in [6.45, 7) is 2.09. The molecule has 1 heterocycles. The number of nitrogens with zero attached hydrogens (tertiary/aromatic N) is 2. The number of aryl methyl sites for hydroxylation is 1. The van der Waals surface area contributed by atoms with Crippen LogP contribution in [0.3, 0.4) is 0 Å². The van der Waals surface area contributed by atoms with Crippen molar-refractivity contribution in [3.8, 4) is 17.6 Å². The summed E-state index contributed by atoms with van der Waals surface area (Å²) in [5, 5.41) is 10.1. The van der Waals surface area contributed by atoms with E-state index < -0.39 is 0 Å². The van der Waals surface area contributed by atoms with Crippen LogP contribution in [0.2, 0.25) is 0 Å². The van der Waals surface area contributed by atoms with Gasteiger partial charge in [0.15, 0.2) is 11.5 Å². The maximum absolute atomic E-state index is 9.19. The molecule has 0 N–H and O–H groups in total. The van der Waals surface area contributed by atoms with E-state index in [1.807, 2.05) is 12.1 Å². The molecule has 0 unspecified atom stereocenters. The van der Waals surface area contributed by atoms with Gasteiger partial charge in [-0.2, -0.15) is 5.26 Å². The van der Waals surface area contributed by atoms with Gasteiger partial charge in [0.05, 0.1) is 25.3 Å². The number of hydrogen-bond acceptors (Lipinski definition) is 4. The summed E-state index contributed by atoms with van der Waals surface area (Å²) < 4.78 is 10.6. The Kier molecular flexibility index (Phi) is 3.86. The molecule has 98 valence electrons. The summed E-state index contributed by atoms with van der Waals surface area (Å²) in [4.78, 5) is 4.32. The van der Waals surface area contributed by atoms with Gasteiger partial charge in [0.25, 0.3) is 0 Å². The van der Waals surface area contributed by atoms with E-state index in [9.17, 15) is 5.26 Å². The van der Waals surface area contributed by atoms with Crippen LogP contribution in [0.15, 0.2) is 18.3 Å². The van der Waals surface area contributed by atoms with Crippen molar-refractivity contribution < 1.29 is 9.47 Å². The molecule has 0 atom stereocenters. The van der Waals surface area contributed by atoms with E-state index in [0.29, 0.717) is 17.1 Å². The lowest BCUT2D eigenvalue weighted by atomic mass is 10.00. The Hall–Kier alpha value is -2.28. The molecular formula is C15H16N2O2. The van der Waals surface area contributed by atoms with E-state index in [1.165, 1.54) is 0 Å². The normalized spacial score (nSPS) is 10.2. The van der Waals surface area contributed by atoms with E-state index in [-0.39, 0.29) is 0 Å². The lowest BCUT2D eigenvalue weighted by molar-refractivity contribution is 0.355. The van der Waals surface area contributed by atoms with Crippen LogP contribution in [0.25, 0.3) is 10.9 Å². The molecule has 4 nitrogen and oxygen atoms in total. The third-order valence-electron chi connectivity index (χ3n) is 3.11. The van der Waals surface area contributed by atoms with Crippen LogP contribution >= 0.6 is 0 Å². The number of aromatic nitrogens is 1. The summed E-state index contributed by atoms with van der Waals surface area (Å²) in [5.41, 5.74) is 2.47. The lowest BCUT2D eigenvalue weighted by Crippen LogP contribution is -1.97. The fourth-order valence-electron chi connectivity index (χ4n) is 2.19. The topological polar surface area (TPSA) is 55.1 Å². The molecule has 0 bridgehead atoms. The number of rotatable bonds is 4. The second kappa shape index (κ2) is 5.57. The van der Waals surface area contributed by atoms with Gasteiger partial charge < -0.3 is 9.47 Å². The van der Waals surface area contributed by atoms with Crippen molar-refractivity contribution in [1.29, 1.82) is 5.26 Å². The highest BCUT2D eigenvalue weighted by molar-refractivity contribution is 5.87. The highest BCUT2D eigenvalue weighted by Crippen LogP contribution is 2.33. The van der Waals surface area contributed by atoms with Gasteiger partial charge in [-0.05, 0) is 18.1 Å². The SMILES string of the molecule is CCCc1c(C#N)cnc2cc(OC)c(OC)cc12.